The van der Waals surface area contributed by atoms with Crippen LogP contribution in [-0.2, 0) is 6.54 Å². The monoisotopic (exact) mass is 382 g/mol. The summed E-state index contributed by atoms with van der Waals surface area (Å²) in [5.41, 5.74) is 2.56. The molecule has 0 radical (unpaired) electrons. The highest BCUT2D eigenvalue weighted by Crippen LogP contribution is 2.32. The first kappa shape index (κ1) is 16.8. The van der Waals surface area contributed by atoms with Crippen molar-refractivity contribution >= 4 is 44.2 Å². The summed E-state index contributed by atoms with van der Waals surface area (Å²) in [6, 6.07) is 16.5. The van der Waals surface area contributed by atoms with Crippen molar-refractivity contribution in [1.29, 1.82) is 0 Å². The standard InChI is InChI=1S/C20H15ClN2O2S/c1-13-4-2-6-17-18(13)22-20(26-17)23(12-16-5-3-11-25-16)19(24)14-7-9-15(21)10-8-14/h2-11H,12H2,1H3. The zero-order chi connectivity index (χ0) is 18.1. The fourth-order valence-corrected chi connectivity index (χ4v) is 3.89. The van der Waals surface area contributed by atoms with Crippen molar-refractivity contribution in [3.8, 4) is 0 Å². The fourth-order valence-electron chi connectivity index (χ4n) is 2.72. The van der Waals surface area contributed by atoms with Crippen molar-refractivity contribution in [3.63, 3.8) is 0 Å². The van der Waals surface area contributed by atoms with Gasteiger partial charge in [-0.25, -0.2) is 4.98 Å². The van der Waals surface area contributed by atoms with Crippen molar-refractivity contribution in [2.45, 2.75) is 13.5 Å². The molecular weight excluding hydrogens is 368 g/mol. The van der Waals surface area contributed by atoms with E-state index < -0.39 is 0 Å². The molecule has 6 heteroatoms. The van der Waals surface area contributed by atoms with Gasteiger partial charge in [0.1, 0.15) is 5.76 Å². The van der Waals surface area contributed by atoms with Crippen molar-refractivity contribution in [3.05, 3.63) is 82.8 Å². The SMILES string of the molecule is Cc1cccc2sc(N(Cc3ccco3)C(=O)c3ccc(Cl)cc3)nc12. The van der Waals surface area contributed by atoms with E-state index in [0.717, 1.165) is 15.8 Å². The number of hydrogen-bond donors (Lipinski definition) is 0. The topological polar surface area (TPSA) is 46.3 Å². The number of furan rings is 1. The van der Waals surface area contributed by atoms with Gasteiger partial charge in [0.15, 0.2) is 5.13 Å². The number of carbonyl (C=O) groups excluding carboxylic acids is 1. The average Bonchev–Trinajstić information content (AvgIpc) is 3.30. The first-order chi connectivity index (χ1) is 12.6. The zero-order valence-electron chi connectivity index (χ0n) is 14.0. The Kier molecular flexibility index (Phi) is 4.49. The van der Waals surface area contributed by atoms with Crippen LogP contribution in [0.3, 0.4) is 0 Å². The lowest BCUT2D eigenvalue weighted by Crippen LogP contribution is -2.30. The number of fused-ring (bicyclic) bond motifs is 1. The molecule has 2 heterocycles. The van der Waals surface area contributed by atoms with Gasteiger partial charge in [-0.15, -0.1) is 0 Å². The van der Waals surface area contributed by atoms with Crippen molar-refractivity contribution in [2.24, 2.45) is 0 Å². The maximum Gasteiger partial charge on any atom is 0.260 e. The predicted octanol–water partition coefficient (Wildman–Crippen LogP) is 5.70. The second-order valence-corrected chi connectivity index (χ2v) is 7.34. The molecule has 0 unspecified atom stereocenters. The number of carbonyl (C=O) groups is 1. The molecule has 0 saturated heterocycles. The smallest absolute Gasteiger partial charge is 0.260 e. The molecule has 2 aromatic heterocycles. The van der Waals surface area contributed by atoms with E-state index >= 15 is 0 Å². The van der Waals surface area contributed by atoms with Crippen molar-refractivity contribution in [1.82, 2.24) is 4.98 Å². The maximum atomic E-state index is 13.2. The molecule has 0 atom stereocenters. The number of amides is 1. The summed E-state index contributed by atoms with van der Waals surface area (Å²) in [6.45, 7) is 2.33. The summed E-state index contributed by atoms with van der Waals surface area (Å²) in [5.74, 6) is 0.554. The van der Waals surface area contributed by atoms with E-state index in [9.17, 15) is 4.79 Å². The summed E-state index contributed by atoms with van der Waals surface area (Å²) >= 11 is 7.44. The highest BCUT2D eigenvalue weighted by atomic mass is 35.5. The predicted molar refractivity (Wildman–Crippen MR) is 105 cm³/mol. The molecule has 2 aromatic carbocycles. The van der Waals surface area contributed by atoms with Crippen LogP contribution in [0.5, 0.6) is 0 Å². The van der Waals surface area contributed by atoms with Crippen LogP contribution in [-0.4, -0.2) is 10.9 Å². The van der Waals surface area contributed by atoms with E-state index in [1.165, 1.54) is 11.3 Å². The zero-order valence-corrected chi connectivity index (χ0v) is 15.6. The van der Waals surface area contributed by atoms with Crippen LogP contribution in [0.25, 0.3) is 10.2 Å². The third-order valence-corrected chi connectivity index (χ3v) is 5.37. The molecule has 0 N–H and O–H groups in total. The van der Waals surface area contributed by atoms with Gasteiger partial charge in [0, 0.05) is 10.6 Å². The Hall–Kier alpha value is -2.63. The van der Waals surface area contributed by atoms with Gasteiger partial charge >= 0.3 is 0 Å². The Labute approximate surface area is 159 Å². The van der Waals surface area contributed by atoms with Crippen LogP contribution in [0, 0.1) is 6.92 Å². The lowest BCUT2D eigenvalue weighted by molar-refractivity contribution is 0.0983. The summed E-state index contributed by atoms with van der Waals surface area (Å²) in [7, 11) is 0. The van der Waals surface area contributed by atoms with E-state index in [-0.39, 0.29) is 5.91 Å². The van der Waals surface area contributed by atoms with Gasteiger partial charge < -0.3 is 4.42 Å². The average molecular weight is 383 g/mol. The molecule has 0 fully saturated rings. The highest BCUT2D eigenvalue weighted by molar-refractivity contribution is 7.22. The van der Waals surface area contributed by atoms with E-state index in [4.69, 9.17) is 21.0 Å². The van der Waals surface area contributed by atoms with Crippen LogP contribution in [0.4, 0.5) is 5.13 Å². The largest absolute Gasteiger partial charge is 0.467 e. The molecule has 4 nitrogen and oxygen atoms in total. The van der Waals surface area contributed by atoms with Crippen LogP contribution in [0.15, 0.2) is 65.3 Å². The number of rotatable bonds is 4. The first-order valence-corrected chi connectivity index (χ1v) is 9.27. The van der Waals surface area contributed by atoms with Crippen LogP contribution >= 0.6 is 22.9 Å². The minimum absolute atomic E-state index is 0.144. The number of thiazole rings is 1. The molecular formula is C20H15ClN2O2S. The molecule has 26 heavy (non-hydrogen) atoms. The summed E-state index contributed by atoms with van der Waals surface area (Å²) in [5, 5.41) is 1.24. The Morgan fingerprint density at radius 2 is 1.96 bits per heavy atom. The van der Waals surface area contributed by atoms with Gasteiger partial charge in [-0.2, -0.15) is 0 Å². The molecule has 0 aliphatic rings. The van der Waals surface area contributed by atoms with Gasteiger partial charge in [-0.3, -0.25) is 9.69 Å². The lowest BCUT2D eigenvalue weighted by atomic mass is 10.2. The molecule has 4 rings (SSSR count). The van der Waals surface area contributed by atoms with Crippen LogP contribution in [0.2, 0.25) is 5.02 Å². The van der Waals surface area contributed by atoms with Gasteiger partial charge in [0.25, 0.3) is 5.91 Å². The molecule has 0 aliphatic heterocycles. The molecule has 0 bridgehead atoms. The highest BCUT2D eigenvalue weighted by Gasteiger charge is 2.23. The number of nitrogens with zero attached hydrogens (tertiary/aromatic N) is 2. The van der Waals surface area contributed by atoms with Crippen LogP contribution < -0.4 is 4.90 Å². The number of hydrogen-bond acceptors (Lipinski definition) is 4. The molecule has 0 saturated carbocycles. The van der Waals surface area contributed by atoms with Gasteiger partial charge in [-0.1, -0.05) is 35.1 Å². The summed E-state index contributed by atoms with van der Waals surface area (Å²) in [6.07, 6.45) is 1.60. The van der Waals surface area contributed by atoms with Gasteiger partial charge in [0.05, 0.1) is 23.0 Å². The molecule has 4 aromatic rings. The van der Waals surface area contributed by atoms with E-state index in [1.807, 2.05) is 37.3 Å². The Balaban J connectivity index is 1.77. The normalized spacial score (nSPS) is 11.0. The molecule has 0 spiro atoms. The quantitative estimate of drug-likeness (QED) is 0.455. The van der Waals surface area contributed by atoms with Crippen LogP contribution in [0.1, 0.15) is 21.7 Å². The number of anilines is 1. The lowest BCUT2D eigenvalue weighted by Gasteiger charge is -2.18. The molecule has 1 amide bonds. The van der Waals surface area contributed by atoms with Gasteiger partial charge in [0.2, 0.25) is 0 Å². The van der Waals surface area contributed by atoms with E-state index in [1.54, 1.807) is 35.4 Å². The maximum absolute atomic E-state index is 13.2. The number of aryl methyl sites for hydroxylation is 1. The minimum Gasteiger partial charge on any atom is -0.467 e. The van der Waals surface area contributed by atoms with E-state index in [0.29, 0.717) is 28.0 Å². The molecule has 0 aliphatic carbocycles. The number of halogens is 1. The van der Waals surface area contributed by atoms with Gasteiger partial charge in [-0.05, 0) is 55.0 Å². The second kappa shape index (κ2) is 6.94. The van der Waals surface area contributed by atoms with Crippen molar-refractivity contribution < 1.29 is 9.21 Å². The Morgan fingerprint density at radius 3 is 2.65 bits per heavy atom. The summed E-state index contributed by atoms with van der Waals surface area (Å²) < 4.78 is 6.50. The third kappa shape index (κ3) is 3.23. The third-order valence-electron chi connectivity index (χ3n) is 4.07. The number of benzene rings is 2. The Morgan fingerprint density at radius 1 is 1.15 bits per heavy atom. The fraction of sp³-hybridized carbons (Fsp3) is 0.100. The number of para-hydroxylation sites is 1. The van der Waals surface area contributed by atoms with E-state index in [2.05, 4.69) is 0 Å². The van der Waals surface area contributed by atoms with Crippen molar-refractivity contribution in [2.75, 3.05) is 4.90 Å². The number of aromatic nitrogens is 1. The first-order valence-electron chi connectivity index (χ1n) is 8.08. The summed E-state index contributed by atoms with van der Waals surface area (Å²) in [4.78, 5) is 19.5. The second-order valence-electron chi connectivity index (χ2n) is 5.90. The Bertz CT molecular complexity index is 1060. The molecule has 130 valence electrons. The minimum atomic E-state index is -0.144.